The van der Waals surface area contributed by atoms with Crippen LogP contribution < -0.4 is 0 Å². The molecule has 0 atom stereocenters. The van der Waals surface area contributed by atoms with Crippen LogP contribution in [-0.2, 0) is 4.79 Å². The van der Waals surface area contributed by atoms with Crippen molar-refractivity contribution in [3.05, 3.63) is 0 Å². The molecule has 84 valence electrons. The van der Waals surface area contributed by atoms with E-state index in [1.807, 2.05) is 11.9 Å². The molecular formula is C11H23NO2. The van der Waals surface area contributed by atoms with Crippen molar-refractivity contribution in [2.45, 2.75) is 46.1 Å². The van der Waals surface area contributed by atoms with Crippen LogP contribution in [-0.4, -0.2) is 35.1 Å². The maximum absolute atomic E-state index is 10.9. The Hall–Kier alpha value is -0.570. The van der Waals surface area contributed by atoms with E-state index in [0.29, 0.717) is 5.92 Å². The minimum atomic E-state index is -0.760. The first-order chi connectivity index (χ1) is 6.28. The van der Waals surface area contributed by atoms with Crippen LogP contribution >= 0.6 is 0 Å². The van der Waals surface area contributed by atoms with Gasteiger partial charge in [0.2, 0.25) is 0 Å². The normalized spacial score (nSPS) is 12.5. The molecule has 0 rings (SSSR count). The summed E-state index contributed by atoms with van der Waals surface area (Å²) in [6.07, 6.45) is 2.21. The fourth-order valence-corrected chi connectivity index (χ4v) is 1.18. The van der Waals surface area contributed by atoms with Gasteiger partial charge in [-0.25, -0.2) is 0 Å². The highest BCUT2D eigenvalue weighted by Gasteiger charge is 2.31. The lowest BCUT2D eigenvalue weighted by Crippen LogP contribution is -2.48. The number of aliphatic carboxylic acids is 1. The molecular weight excluding hydrogens is 178 g/mol. The zero-order valence-corrected chi connectivity index (χ0v) is 10.0. The third-order valence-electron chi connectivity index (χ3n) is 2.75. The van der Waals surface area contributed by atoms with Crippen LogP contribution in [0.3, 0.4) is 0 Å². The van der Waals surface area contributed by atoms with E-state index in [2.05, 4.69) is 13.8 Å². The second-order valence-corrected chi connectivity index (χ2v) is 4.82. The lowest BCUT2D eigenvalue weighted by Gasteiger charge is -2.31. The maximum Gasteiger partial charge on any atom is 0.323 e. The van der Waals surface area contributed by atoms with Gasteiger partial charge in [0.25, 0.3) is 0 Å². The molecule has 3 heteroatoms. The molecule has 0 aliphatic rings. The summed E-state index contributed by atoms with van der Waals surface area (Å²) >= 11 is 0. The topological polar surface area (TPSA) is 40.5 Å². The number of hydrogen-bond acceptors (Lipinski definition) is 2. The van der Waals surface area contributed by atoms with Crippen LogP contribution in [0.5, 0.6) is 0 Å². The highest BCUT2D eigenvalue weighted by Crippen LogP contribution is 2.14. The summed E-state index contributed by atoms with van der Waals surface area (Å²) in [6.45, 7) is 8.69. The van der Waals surface area contributed by atoms with Gasteiger partial charge < -0.3 is 5.11 Å². The average molecular weight is 201 g/mol. The van der Waals surface area contributed by atoms with Crippen LogP contribution in [0.15, 0.2) is 0 Å². The summed E-state index contributed by atoms with van der Waals surface area (Å²) in [5, 5.41) is 8.98. The Morgan fingerprint density at radius 2 is 1.93 bits per heavy atom. The molecule has 0 fully saturated rings. The maximum atomic E-state index is 10.9. The predicted octanol–water partition coefficient (Wildman–Crippen LogP) is 2.22. The summed E-state index contributed by atoms with van der Waals surface area (Å²) < 4.78 is 0. The largest absolute Gasteiger partial charge is 0.480 e. The molecule has 3 nitrogen and oxygen atoms in total. The minimum Gasteiger partial charge on any atom is -0.480 e. The summed E-state index contributed by atoms with van der Waals surface area (Å²) in [5.74, 6) is -0.0686. The van der Waals surface area contributed by atoms with Gasteiger partial charge in [0.05, 0.1) is 0 Å². The zero-order valence-electron chi connectivity index (χ0n) is 10.0. The van der Waals surface area contributed by atoms with Gasteiger partial charge in [-0.15, -0.1) is 0 Å². The number of carboxylic acids is 1. The molecule has 0 saturated carbocycles. The van der Waals surface area contributed by atoms with E-state index in [1.54, 1.807) is 13.8 Å². The molecule has 1 N–H and O–H groups in total. The zero-order chi connectivity index (χ0) is 11.4. The van der Waals surface area contributed by atoms with Gasteiger partial charge in [-0.3, -0.25) is 9.69 Å². The third kappa shape index (κ3) is 4.09. The van der Waals surface area contributed by atoms with Gasteiger partial charge in [-0.1, -0.05) is 13.8 Å². The molecule has 0 radical (unpaired) electrons. The van der Waals surface area contributed by atoms with Crippen LogP contribution in [0.1, 0.15) is 40.5 Å². The minimum absolute atomic E-state index is 0.691. The Labute approximate surface area is 87.1 Å². The lowest BCUT2D eigenvalue weighted by atomic mass is 10.0. The highest BCUT2D eigenvalue weighted by atomic mass is 16.4. The van der Waals surface area contributed by atoms with Gasteiger partial charge in [-0.05, 0) is 46.2 Å². The van der Waals surface area contributed by atoms with Crippen molar-refractivity contribution in [1.82, 2.24) is 4.90 Å². The molecule has 0 heterocycles. The Kier molecular flexibility index (Phi) is 5.13. The van der Waals surface area contributed by atoms with Crippen molar-refractivity contribution in [3.8, 4) is 0 Å². The van der Waals surface area contributed by atoms with Crippen molar-refractivity contribution < 1.29 is 9.90 Å². The van der Waals surface area contributed by atoms with Crippen LogP contribution in [0.2, 0.25) is 0 Å². The summed E-state index contributed by atoms with van der Waals surface area (Å²) in [6, 6.07) is 0. The molecule has 0 aromatic rings. The number of likely N-dealkylation sites (N-methyl/N-ethyl adjacent to an activating group) is 1. The number of nitrogens with zero attached hydrogens (tertiary/aromatic N) is 1. The lowest BCUT2D eigenvalue weighted by molar-refractivity contribution is -0.148. The van der Waals surface area contributed by atoms with Gasteiger partial charge in [0, 0.05) is 0 Å². The van der Waals surface area contributed by atoms with Crippen molar-refractivity contribution in [1.29, 1.82) is 0 Å². The molecule has 0 aromatic carbocycles. The molecule has 0 bridgehead atoms. The molecule has 0 saturated heterocycles. The Morgan fingerprint density at radius 1 is 1.43 bits per heavy atom. The van der Waals surface area contributed by atoms with E-state index >= 15 is 0 Å². The van der Waals surface area contributed by atoms with E-state index in [0.717, 1.165) is 19.4 Å². The average Bonchev–Trinajstić information content (AvgIpc) is 2.02. The van der Waals surface area contributed by atoms with E-state index in [-0.39, 0.29) is 0 Å². The van der Waals surface area contributed by atoms with Crippen LogP contribution in [0, 0.1) is 5.92 Å². The third-order valence-corrected chi connectivity index (χ3v) is 2.75. The Bertz CT molecular complexity index is 188. The molecule has 0 unspecified atom stereocenters. The van der Waals surface area contributed by atoms with Crippen molar-refractivity contribution in [3.63, 3.8) is 0 Å². The second kappa shape index (κ2) is 5.35. The quantitative estimate of drug-likeness (QED) is 0.716. The number of carbonyl (C=O) groups is 1. The fourth-order valence-electron chi connectivity index (χ4n) is 1.18. The first-order valence-corrected chi connectivity index (χ1v) is 5.23. The van der Waals surface area contributed by atoms with Crippen molar-refractivity contribution >= 4 is 5.97 Å². The summed E-state index contributed by atoms with van der Waals surface area (Å²) in [7, 11) is 1.87. The highest BCUT2D eigenvalue weighted by molar-refractivity contribution is 5.77. The van der Waals surface area contributed by atoms with E-state index in [9.17, 15) is 4.79 Å². The van der Waals surface area contributed by atoms with Crippen molar-refractivity contribution in [2.75, 3.05) is 13.6 Å². The van der Waals surface area contributed by atoms with Gasteiger partial charge in [0.15, 0.2) is 0 Å². The molecule has 0 aliphatic heterocycles. The number of hydrogen-bond donors (Lipinski definition) is 1. The van der Waals surface area contributed by atoms with Crippen molar-refractivity contribution in [2.24, 2.45) is 5.92 Å². The molecule has 0 amide bonds. The van der Waals surface area contributed by atoms with Gasteiger partial charge in [-0.2, -0.15) is 0 Å². The molecule has 0 spiro atoms. The van der Waals surface area contributed by atoms with E-state index in [4.69, 9.17) is 5.11 Å². The first kappa shape index (κ1) is 13.4. The first-order valence-electron chi connectivity index (χ1n) is 5.23. The Morgan fingerprint density at radius 3 is 2.29 bits per heavy atom. The van der Waals surface area contributed by atoms with E-state index in [1.165, 1.54) is 0 Å². The SMILES string of the molecule is CC(C)CCCN(C)C(C)(C)C(=O)O. The number of rotatable bonds is 6. The monoisotopic (exact) mass is 201 g/mol. The Balaban J connectivity index is 3.95. The van der Waals surface area contributed by atoms with Crippen LogP contribution in [0.25, 0.3) is 0 Å². The standard InChI is InChI=1S/C11H23NO2/c1-9(2)7-6-8-12(5)11(3,4)10(13)14/h9H,6-8H2,1-5H3,(H,13,14). The molecule has 0 aliphatic carbocycles. The van der Waals surface area contributed by atoms with Gasteiger partial charge in [0.1, 0.15) is 5.54 Å². The fraction of sp³-hybridized carbons (Fsp3) is 0.909. The summed E-state index contributed by atoms with van der Waals surface area (Å²) in [4.78, 5) is 12.8. The predicted molar refractivity (Wildman–Crippen MR) is 58.4 cm³/mol. The van der Waals surface area contributed by atoms with Crippen LogP contribution in [0.4, 0.5) is 0 Å². The molecule has 0 aromatic heterocycles. The number of carboxylic acid groups (broad SMARTS) is 1. The second-order valence-electron chi connectivity index (χ2n) is 4.82. The van der Waals surface area contributed by atoms with Gasteiger partial charge >= 0.3 is 5.97 Å². The summed E-state index contributed by atoms with van der Waals surface area (Å²) in [5.41, 5.74) is -0.753. The van der Waals surface area contributed by atoms with E-state index < -0.39 is 11.5 Å². The smallest absolute Gasteiger partial charge is 0.323 e. The molecule has 14 heavy (non-hydrogen) atoms.